The smallest absolute Gasteiger partial charge is 0.289 e. The summed E-state index contributed by atoms with van der Waals surface area (Å²) >= 11 is 1.05. The number of halogens is 1. The number of hydrogen-bond acceptors (Lipinski definition) is 5. The van der Waals surface area contributed by atoms with Gasteiger partial charge in [-0.2, -0.15) is 0 Å². The van der Waals surface area contributed by atoms with Gasteiger partial charge in [-0.25, -0.2) is 4.39 Å². The fourth-order valence-electron chi connectivity index (χ4n) is 3.90. The van der Waals surface area contributed by atoms with Crippen molar-refractivity contribution < 1.29 is 23.5 Å². The molecule has 162 valence electrons. The number of rotatable bonds is 6. The average Bonchev–Trinajstić information content (AvgIpc) is 3.12. The van der Waals surface area contributed by atoms with Crippen LogP contribution in [0.4, 0.5) is 9.18 Å². The molecule has 0 spiro atoms. The number of benzene rings is 2. The summed E-state index contributed by atoms with van der Waals surface area (Å²) in [7, 11) is 0. The highest BCUT2D eigenvalue weighted by Crippen LogP contribution is 2.27. The average molecular weight is 443 g/mol. The number of carbonyl (C=O) groups is 3. The number of piperidine rings is 1. The van der Waals surface area contributed by atoms with Crippen LogP contribution in [-0.2, 0) is 16.0 Å². The highest BCUT2D eigenvalue weighted by atomic mass is 32.2. The standard InChI is InChI=1S/C23H23FN2O4S/c24-17-5-7-19(8-6-17)30-20-3-1-2-16(14-20)4-9-21(27)25-12-10-18(11-13-25)26-22(28)15-31-23(26)29/h1-3,5-8,14,18H,4,9-13,15H2. The number of likely N-dealkylation sites (tertiary alicyclic amines) is 1. The summed E-state index contributed by atoms with van der Waals surface area (Å²) in [6, 6.07) is 13.2. The second kappa shape index (κ2) is 9.51. The van der Waals surface area contributed by atoms with Gasteiger partial charge < -0.3 is 9.64 Å². The fraction of sp³-hybridized carbons (Fsp3) is 0.348. The molecule has 0 radical (unpaired) electrons. The maximum Gasteiger partial charge on any atom is 0.289 e. The summed E-state index contributed by atoms with van der Waals surface area (Å²) in [5.74, 6) is 1.03. The zero-order chi connectivity index (χ0) is 21.8. The topological polar surface area (TPSA) is 66.9 Å². The van der Waals surface area contributed by atoms with Gasteiger partial charge in [0.15, 0.2) is 0 Å². The van der Waals surface area contributed by atoms with E-state index in [0.29, 0.717) is 50.3 Å². The fourth-order valence-corrected chi connectivity index (χ4v) is 4.68. The highest BCUT2D eigenvalue weighted by molar-refractivity contribution is 8.14. The lowest BCUT2D eigenvalue weighted by atomic mass is 10.0. The van der Waals surface area contributed by atoms with Crippen LogP contribution >= 0.6 is 11.8 Å². The molecule has 2 aliphatic rings. The number of amides is 3. The van der Waals surface area contributed by atoms with Gasteiger partial charge in [0.25, 0.3) is 5.24 Å². The first-order valence-corrected chi connectivity index (χ1v) is 11.3. The van der Waals surface area contributed by atoms with Crippen LogP contribution in [0.2, 0.25) is 0 Å². The van der Waals surface area contributed by atoms with Crippen molar-refractivity contribution in [3.8, 4) is 11.5 Å². The van der Waals surface area contributed by atoms with Crippen molar-refractivity contribution in [2.75, 3.05) is 18.8 Å². The van der Waals surface area contributed by atoms with Crippen LogP contribution in [0.1, 0.15) is 24.8 Å². The van der Waals surface area contributed by atoms with Gasteiger partial charge in [0, 0.05) is 25.6 Å². The Labute approximate surface area is 184 Å². The third-order valence-corrected chi connectivity index (χ3v) is 6.38. The molecule has 2 fully saturated rings. The Bertz CT molecular complexity index is 958. The second-order valence-corrected chi connectivity index (χ2v) is 8.56. The maximum atomic E-state index is 13.0. The molecule has 0 N–H and O–H groups in total. The molecule has 0 atom stereocenters. The number of imide groups is 1. The van der Waals surface area contributed by atoms with Crippen molar-refractivity contribution >= 4 is 28.8 Å². The normalized spacial score (nSPS) is 17.3. The molecule has 2 heterocycles. The molecule has 2 saturated heterocycles. The van der Waals surface area contributed by atoms with E-state index in [1.54, 1.807) is 12.1 Å². The van der Waals surface area contributed by atoms with E-state index in [1.165, 1.54) is 17.0 Å². The molecule has 31 heavy (non-hydrogen) atoms. The second-order valence-electron chi connectivity index (χ2n) is 7.63. The largest absolute Gasteiger partial charge is 0.457 e. The zero-order valence-corrected chi connectivity index (χ0v) is 17.8. The van der Waals surface area contributed by atoms with Crippen LogP contribution < -0.4 is 4.74 Å². The molecule has 2 aromatic carbocycles. The lowest BCUT2D eigenvalue weighted by molar-refractivity contribution is -0.133. The molecule has 8 heteroatoms. The van der Waals surface area contributed by atoms with E-state index in [2.05, 4.69) is 0 Å². The first kappa shape index (κ1) is 21.4. The molecule has 0 saturated carbocycles. The third kappa shape index (κ3) is 5.25. The van der Waals surface area contributed by atoms with Crippen LogP contribution in [0.15, 0.2) is 48.5 Å². The minimum Gasteiger partial charge on any atom is -0.457 e. The number of thioether (sulfide) groups is 1. The zero-order valence-electron chi connectivity index (χ0n) is 17.0. The number of hydrogen-bond donors (Lipinski definition) is 0. The van der Waals surface area contributed by atoms with E-state index < -0.39 is 0 Å². The molecule has 0 aliphatic carbocycles. The van der Waals surface area contributed by atoms with Gasteiger partial charge in [0.05, 0.1) is 5.75 Å². The van der Waals surface area contributed by atoms with Gasteiger partial charge in [0.2, 0.25) is 11.8 Å². The molecular formula is C23H23FN2O4S. The molecule has 2 aliphatic heterocycles. The van der Waals surface area contributed by atoms with Gasteiger partial charge >= 0.3 is 0 Å². The van der Waals surface area contributed by atoms with E-state index >= 15 is 0 Å². The van der Waals surface area contributed by atoms with Crippen molar-refractivity contribution in [3.63, 3.8) is 0 Å². The minimum absolute atomic E-state index is 0.0664. The molecule has 0 aromatic heterocycles. The lowest BCUT2D eigenvalue weighted by Gasteiger charge is -2.35. The molecule has 0 bridgehead atoms. The van der Waals surface area contributed by atoms with E-state index in [-0.39, 0.29) is 34.7 Å². The van der Waals surface area contributed by atoms with Crippen LogP contribution in [0, 0.1) is 5.82 Å². The van der Waals surface area contributed by atoms with Crippen molar-refractivity contribution in [2.45, 2.75) is 31.7 Å². The van der Waals surface area contributed by atoms with Crippen molar-refractivity contribution in [3.05, 3.63) is 59.9 Å². The Morgan fingerprint density at radius 3 is 2.48 bits per heavy atom. The lowest BCUT2D eigenvalue weighted by Crippen LogP contribution is -2.48. The van der Waals surface area contributed by atoms with E-state index in [4.69, 9.17) is 4.74 Å². The van der Waals surface area contributed by atoms with Gasteiger partial charge in [-0.3, -0.25) is 19.3 Å². The summed E-state index contributed by atoms with van der Waals surface area (Å²) in [4.78, 5) is 39.6. The first-order chi connectivity index (χ1) is 15.0. The Balaban J connectivity index is 1.27. The summed E-state index contributed by atoms with van der Waals surface area (Å²) in [6.45, 7) is 1.11. The summed E-state index contributed by atoms with van der Waals surface area (Å²) in [6.07, 6.45) is 2.22. The van der Waals surface area contributed by atoms with Crippen LogP contribution in [-0.4, -0.2) is 51.7 Å². The molecule has 6 nitrogen and oxygen atoms in total. The van der Waals surface area contributed by atoms with Crippen LogP contribution in [0.5, 0.6) is 11.5 Å². The molecular weight excluding hydrogens is 419 g/mol. The Morgan fingerprint density at radius 2 is 1.81 bits per heavy atom. The highest BCUT2D eigenvalue weighted by Gasteiger charge is 2.37. The molecule has 3 amide bonds. The van der Waals surface area contributed by atoms with Crippen LogP contribution in [0.25, 0.3) is 0 Å². The SMILES string of the molecule is O=C(CCc1cccc(Oc2ccc(F)cc2)c1)N1CCC(N2C(=O)CSC2=O)CC1. The Hall–Kier alpha value is -2.87. The maximum absolute atomic E-state index is 13.0. The predicted octanol–water partition coefficient (Wildman–Crippen LogP) is 4.24. The minimum atomic E-state index is -0.318. The summed E-state index contributed by atoms with van der Waals surface area (Å²) in [5.41, 5.74) is 0.980. The van der Waals surface area contributed by atoms with E-state index in [0.717, 1.165) is 17.3 Å². The van der Waals surface area contributed by atoms with Crippen molar-refractivity contribution in [1.29, 1.82) is 0 Å². The van der Waals surface area contributed by atoms with Gasteiger partial charge in [0.1, 0.15) is 17.3 Å². The Kier molecular flexibility index (Phi) is 6.56. The van der Waals surface area contributed by atoms with Crippen LogP contribution in [0.3, 0.4) is 0 Å². The van der Waals surface area contributed by atoms with Gasteiger partial charge in [-0.05, 0) is 61.2 Å². The van der Waals surface area contributed by atoms with E-state index in [9.17, 15) is 18.8 Å². The monoisotopic (exact) mass is 442 g/mol. The van der Waals surface area contributed by atoms with Crippen molar-refractivity contribution in [1.82, 2.24) is 9.80 Å². The molecule has 4 rings (SSSR count). The van der Waals surface area contributed by atoms with Crippen molar-refractivity contribution in [2.24, 2.45) is 0 Å². The molecule has 2 aromatic rings. The number of aryl methyl sites for hydroxylation is 1. The Morgan fingerprint density at radius 1 is 1.06 bits per heavy atom. The summed E-state index contributed by atoms with van der Waals surface area (Å²) < 4.78 is 18.8. The predicted molar refractivity (Wildman–Crippen MR) is 116 cm³/mol. The third-order valence-electron chi connectivity index (χ3n) is 5.54. The number of nitrogens with zero attached hydrogens (tertiary/aromatic N) is 2. The first-order valence-electron chi connectivity index (χ1n) is 10.3. The quantitative estimate of drug-likeness (QED) is 0.670. The van der Waals surface area contributed by atoms with Gasteiger partial charge in [-0.1, -0.05) is 23.9 Å². The van der Waals surface area contributed by atoms with Gasteiger partial charge in [-0.15, -0.1) is 0 Å². The molecule has 0 unspecified atom stereocenters. The number of ether oxygens (including phenoxy) is 1. The number of carbonyl (C=O) groups excluding carboxylic acids is 3. The van der Waals surface area contributed by atoms with E-state index in [1.807, 2.05) is 29.2 Å². The summed E-state index contributed by atoms with van der Waals surface area (Å²) in [5, 5.41) is -0.169.